The topological polar surface area (TPSA) is 35.2 Å². The Balaban J connectivity index is 2.63. The Morgan fingerprint density at radius 2 is 2.50 bits per heavy atom. The predicted molar refractivity (Wildman–Crippen MR) is 60.4 cm³/mol. The minimum absolute atomic E-state index is 0.0316. The third-order valence-corrected chi connectivity index (χ3v) is 2.98. The van der Waals surface area contributed by atoms with Gasteiger partial charge in [0.05, 0.1) is 0 Å². The summed E-state index contributed by atoms with van der Waals surface area (Å²) in [4.78, 5) is 0. The van der Waals surface area contributed by atoms with Crippen molar-refractivity contribution in [1.29, 1.82) is 0 Å². The second-order valence-electron chi connectivity index (χ2n) is 1.59. The van der Waals surface area contributed by atoms with E-state index < -0.39 is 0 Å². The van der Waals surface area contributed by atoms with Crippen LogP contribution >= 0.6 is 43.3 Å². The molecule has 0 saturated heterocycles. The van der Waals surface area contributed by atoms with Gasteiger partial charge in [0.15, 0.2) is 0 Å². The lowest BCUT2D eigenvalue weighted by Gasteiger charge is -2.04. The van der Waals surface area contributed by atoms with Crippen LogP contribution in [0.1, 0.15) is 0 Å². The van der Waals surface area contributed by atoms with Crippen molar-refractivity contribution in [2.75, 3.05) is 4.61 Å². The van der Waals surface area contributed by atoms with Gasteiger partial charge in [-0.05, 0) is 32.7 Å². The van der Waals surface area contributed by atoms with Gasteiger partial charge in [-0.15, -0.1) is 0 Å². The molecule has 0 aliphatic carbocycles. The molecule has 0 radical (unpaired) electrons. The highest BCUT2D eigenvalue weighted by Gasteiger charge is 1.96. The summed E-state index contributed by atoms with van der Waals surface area (Å²) < 4.78 is 8.99. The van der Waals surface area contributed by atoms with Crippen LogP contribution in [0.2, 0.25) is 0 Å². The fourth-order valence-electron chi connectivity index (χ4n) is 0.535. The smallest absolute Gasteiger partial charge is 0.139 e. The molecule has 10 heavy (non-hydrogen) atoms. The van der Waals surface area contributed by atoms with Crippen LogP contribution in [0.25, 0.3) is 0 Å². The fourth-order valence-corrected chi connectivity index (χ4v) is 2.33. The molecule has 0 unspecified atom stereocenters. The van der Waals surface area contributed by atoms with E-state index in [1.165, 1.54) is 0 Å². The molecule has 1 aliphatic heterocycles. The first-order chi connectivity index (χ1) is 4.83. The summed E-state index contributed by atoms with van der Waals surface area (Å²) in [6.45, 7) is 0. The van der Waals surface area contributed by atoms with Gasteiger partial charge in [-0.3, -0.25) is 5.73 Å². The number of ether oxygens (including phenoxy) is 1. The van der Waals surface area contributed by atoms with Gasteiger partial charge in [0.2, 0.25) is 0 Å². The summed E-state index contributed by atoms with van der Waals surface area (Å²) in [6, 6.07) is 0. The van der Waals surface area contributed by atoms with Crippen LogP contribution in [0.15, 0.2) is 22.0 Å². The van der Waals surface area contributed by atoms with Gasteiger partial charge in [-0.25, -0.2) is 0 Å². The Morgan fingerprint density at radius 3 is 3.10 bits per heavy atom. The lowest BCUT2D eigenvalue weighted by molar-refractivity contribution is 0.298. The zero-order valence-corrected chi connectivity index (χ0v) is 9.50. The van der Waals surface area contributed by atoms with E-state index in [-0.39, 0.29) is 20.7 Å². The molecule has 0 aromatic heterocycles. The molecule has 56 valence electrons. The van der Waals surface area contributed by atoms with Gasteiger partial charge in [0.1, 0.15) is 10.4 Å². The van der Waals surface area contributed by atoms with Gasteiger partial charge in [-0.1, -0.05) is 20.7 Å². The summed E-state index contributed by atoms with van der Waals surface area (Å²) in [5.41, 5.74) is 5.61. The first kappa shape index (κ1) is 8.66. The van der Waals surface area contributed by atoms with Crippen LogP contribution in [0, 0.1) is 0 Å². The monoisotopic (exact) mass is 363 g/mol. The molecule has 1 aliphatic rings. The van der Waals surface area contributed by atoms with Crippen molar-refractivity contribution in [3.8, 4) is 0 Å². The Hall–Kier alpha value is 0.570. The Bertz CT molecular complexity index is 208. The van der Waals surface area contributed by atoms with Crippen LogP contribution in [0.5, 0.6) is 0 Å². The number of halogens is 2. The van der Waals surface area contributed by atoms with Crippen molar-refractivity contribution >= 4 is 47.0 Å². The second-order valence-corrected chi connectivity index (χ2v) is 4.80. The maximum atomic E-state index is 5.61. The fraction of sp³-hybridized carbons (Fsp3) is 0.167. The van der Waals surface area contributed by atoms with Crippen molar-refractivity contribution < 1.29 is 4.74 Å². The molecule has 0 spiro atoms. The van der Waals surface area contributed by atoms with E-state index in [0.717, 1.165) is 9.39 Å². The molecular weight excluding hydrogens is 356 g/mol. The quantitative estimate of drug-likeness (QED) is 0.601. The lowest BCUT2D eigenvalue weighted by Crippen LogP contribution is -2.07. The summed E-state index contributed by atoms with van der Waals surface area (Å²) in [5.74, 6) is 0.887. The average Bonchev–Trinajstić information content (AvgIpc) is 1.88. The molecule has 2 nitrogen and oxygen atoms in total. The molecular formula is C6H7I2NO. The van der Waals surface area contributed by atoms with Gasteiger partial charge in [0.25, 0.3) is 0 Å². The third-order valence-electron chi connectivity index (χ3n) is 0.918. The largest absolute Gasteiger partial charge is 0.483 e. The van der Waals surface area contributed by atoms with Crippen LogP contribution < -0.4 is 5.73 Å². The van der Waals surface area contributed by atoms with Crippen molar-refractivity contribution in [1.82, 2.24) is 0 Å². The van der Waals surface area contributed by atoms with E-state index >= 15 is 0 Å². The highest BCUT2D eigenvalue weighted by atomic mass is 127. The molecule has 0 amide bonds. The minimum Gasteiger partial charge on any atom is -0.483 e. The summed E-state index contributed by atoms with van der Waals surface area (Å²) in [7, 11) is 0. The second kappa shape index (κ2) is 4.45. The average molecular weight is 363 g/mol. The molecule has 0 bridgehead atoms. The van der Waals surface area contributed by atoms with Crippen molar-refractivity contribution in [3.05, 3.63) is 22.0 Å². The summed E-state index contributed by atoms with van der Waals surface area (Å²) in [5, 5.41) is 0. The molecule has 0 atom stereocenters. The maximum absolute atomic E-state index is 5.61. The molecule has 1 heterocycles. The highest BCUT2D eigenvalue weighted by molar-refractivity contribution is 14.2. The van der Waals surface area contributed by atoms with Gasteiger partial charge in [0, 0.05) is 9.71 Å². The third kappa shape index (κ3) is 2.67. The number of alkyl halides is 1. The molecule has 1 rings (SSSR count). The Morgan fingerprint density at radius 1 is 1.70 bits per heavy atom. The first-order valence-corrected chi connectivity index (χ1v) is 6.51. The number of hydrogen-bond acceptors (Lipinski definition) is 2. The number of nitrogens with two attached hydrogens (primary N) is 1. The summed E-state index contributed by atoms with van der Waals surface area (Å²) >= 11 is 2.13. The van der Waals surface area contributed by atoms with Crippen LogP contribution in [0.3, 0.4) is 0 Å². The Kier molecular flexibility index (Phi) is 3.85. The normalized spacial score (nSPS) is 17.0. The van der Waals surface area contributed by atoms with Crippen molar-refractivity contribution in [2.24, 2.45) is 5.73 Å². The van der Waals surface area contributed by atoms with Gasteiger partial charge >= 0.3 is 0 Å². The van der Waals surface area contributed by atoms with Crippen LogP contribution in [-0.4, -0.2) is 8.25 Å². The van der Waals surface area contributed by atoms with E-state index in [4.69, 9.17) is 10.5 Å². The molecule has 0 aromatic rings. The molecule has 2 N–H and O–H groups in total. The Labute approximate surface area is 83.4 Å². The lowest BCUT2D eigenvalue weighted by atomic mass is 10.4. The van der Waals surface area contributed by atoms with E-state index in [1.54, 1.807) is 0 Å². The van der Waals surface area contributed by atoms with Gasteiger partial charge < -0.3 is 4.74 Å². The van der Waals surface area contributed by atoms with E-state index in [1.807, 2.05) is 12.2 Å². The predicted octanol–water partition coefficient (Wildman–Crippen LogP) is 1.87. The number of rotatable bonds is 2. The zero-order chi connectivity index (χ0) is 7.40. The highest BCUT2D eigenvalue weighted by Crippen LogP contribution is 2.13. The number of hydrogen-bond donors (Lipinski definition) is 1. The van der Waals surface area contributed by atoms with E-state index in [9.17, 15) is 0 Å². The first-order valence-electron chi connectivity index (χ1n) is 2.66. The van der Waals surface area contributed by atoms with Crippen molar-refractivity contribution in [2.45, 2.75) is 0 Å². The molecule has 0 saturated carbocycles. The van der Waals surface area contributed by atoms with E-state index in [2.05, 4.69) is 26.7 Å². The zero-order valence-electron chi connectivity index (χ0n) is 5.18. The van der Waals surface area contributed by atoms with Crippen molar-refractivity contribution in [3.63, 3.8) is 0 Å². The minimum atomic E-state index is -0.0316. The SMILES string of the molecule is NC1=IC=CC(OCI)=C1. The van der Waals surface area contributed by atoms with Gasteiger partial charge in [-0.2, -0.15) is 0 Å². The summed E-state index contributed by atoms with van der Waals surface area (Å²) in [6.07, 6.45) is 3.90. The van der Waals surface area contributed by atoms with Crippen LogP contribution in [0.4, 0.5) is 0 Å². The molecule has 0 fully saturated rings. The maximum Gasteiger partial charge on any atom is 0.139 e. The molecule has 4 heteroatoms. The molecule has 0 aromatic carbocycles. The van der Waals surface area contributed by atoms with E-state index in [0.29, 0.717) is 4.61 Å². The standard InChI is InChI=1S/C6H7I2NO/c7-4-10-5-1-2-8-6(9)3-5/h1-3H,4,9H2. The number of allylic oxidation sites excluding steroid dienone is 1. The van der Waals surface area contributed by atoms with Crippen LogP contribution in [-0.2, 0) is 4.74 Å².